The van der Waals surface area contributed by atoms with Crippen LogP contribution in [0.4, 0.5) is 10.8 Å². The fourth-order valence-corrected chi connectivity index (χ4v) is 6.15. The first-order valence-corrected chi connectivity index (χ1v) is 14.2. The van der Waals surface area contributed by atoms with Gasteiger partial charge in [0, 0.05) is 25.3 Å². The lowest BCUT2D eigenvalue weighted by Gasteiger charge is -2.23. The highest BCUT2D eigenvalue weighted by Gasteiger charge is 2.48. The average molecular weight is 556 g/mol. The summed E-state index contributed by atoms with van der Waals surface area (Å²) in [6.07, 6.45) is 1.91. The second-order valence-corrected chi connectivity index (χ2v) is 11.3. The van der Waals surface area contributed by atoms with Crippen molar-refractivity contribution in [3.8, 4) is 5.75 Å². The second-order valence-electron chi connectivity index (χ2n) is 10.3. The average Bonchev–Trinajstić information content (AvgIpc) is 3.47. The van der Waals surface area contributed by atoms with E-state index in [4.69, 9.17) is 9.72 Å². The number of aromatic nitrogens is 1. The number of fused-ring (bicyclic) bond motifs is 1. The lowest BCUT2D eigenvalue weighted by molar-refractivity contribution is -0.132. The third-order valence-corrected chi connectivity index (χ3v) is 8.07. The summed E-state index contributed by atoms with van der Waals surface area (Å²) in [4.78, 5) is 35.5. The minimum Gasteiger partial charge on any atom is -0.507 e. The van der Waals surface area contributed by atoms with Crippen molar-refractivity contribution in [2.24, 2.45) is 0 Å². The number of nitrogens with zero attached hydrogens (tertiary/aromatic N) is 3. The standard InChI is InChI=1S/C32H33N3O4S/c1-6-7-15-39-24-10-8-9-22(18-24)29(36)26-28(21-11-13-23(14-12-21)34(4)5)35(31(38)30(26)37)32-33-27-20(3)16-19(2)17-25(27)40-32/h8-14,16-18,28,36H,6-7,15H2,1-5H3. The molecule has 1 aromatic heterocycles. The Morgan fingerprint density at radius 2 is 1.82 bits per heavy atom. The molecular weight excluding hydrogens is 522 g/mol. The highest BCUT2D eigenvalue weighted by atomic mass is 32.1. The molecule has 3 aromatic carbocycles. The van der Waals surface area contributed by atoms with Gasteiger partial charge in [0.15, 0.2) is 5.13 Å². The number of carbonyl (C=O) groups excluding carboxylic acids is 2. The number of hydrogen-bond donors (Lipinski definition) is 1. The van der Waals surface area contributed by atoms with Crippen molar-refractivity contribution in [3.05, 3.63) is 88.5 Å². The van der Waals surface area contributed by atoms with Gasteiger partial charge in [-0.05, 0) is 67.3 Å². The number of aliphatic hydroxyl groups excluding tert-OH is 1. The summed E-state index contributed by atoms with van der Waals surface area (Å²) in [5, 5.41) is 12.0. The summed E-state index contributed by atoms with van der Waals surface area (Å²) in [5.41, 5.74) is 5.02. The van der Waals surface area contributed by atoms with Crippen molar-refractivity contribution in [3.63, 3.8) is 0 Å². The second kappa shape index (κ2) is 11.1. The van der Waals surface area contributed by atoms with Crippen LogP contribution >= 0.6 is 11.3 Å². The predicted octanol–water partition coefficient (Wildman–Crippen LogP) is 6.78. The predicted molar refractivity (Wildman–Crippen MR) is 161 cm³/mol. The van der Waals surface area contributed by atoms with Gasteiger partial charge in [-0.15, -0.1) is 0 Å². The van der Waals surface area contributed by atoms with Gasteiger partial charge >= 0.3 is 5.91 Å². The molecule has 0 spiro atoms. The largest absolute Gasteiger partial charge is 0.507 e. The molecule has 1 N–H and O–H groups in total. The molecule has 0 aliphatic carbocycles. The Hall–Kier alpha value is -4.17. The lowest BCUT2D eigenvalue weighted by Crippen LogP contribution is -2.29. The Bertz CT molecular complexity index is 1620. The van der Waals surface area contributed by atoms with Crippen molar-refractivity contribution in [1.82, 2.24) is 4.98 Å². The van der Waals surface area contributed by atoms with E-state index in [1.165, 1.54) is 16.2 Å². The third-order valence-electron chi connectivity index (χ3n) is 7.07. The van der Waals surface area contributed by atoms with Gasteiger partial charge in [-0.25, -0.2) is 4.98 Å². The number of hydrogen-bond acceptors (Lipinski definition) is 7. The summed E-state index contributed by atoms with van der Waals surface area (Å²) < 4.78 is 6.77. The molecule has 1 saturated heterocycles. The van der Waals surface area contributed by atoms with Gasteiger partial charge in [0.05, 0.1) is 28.4 Å². The first-order valence-electron chi connectivity index (χ1n) is 13.4. The number of amides is 1. The van der Waals surface area contributed by atoms with Crippen molar-refractivity contribution in [1.29, 1.82) is 0 Å². The monoisotopic (exact) mass is 555 g/mol. The van der Waals surface area contributed by atoms with Gasteiger partial charge in [0.2, 0.25) is 0 Å². The van der Waals surface area contributed by atoms with Crippen LogP contribution < -0.4 is 14.5 Å². The number of anilines is 2. The van der Waals surface area contributed by atoms with Gasteiger partial charge in [-0.1, -0.05) is 55.0 Å². The Morgan fingerprint density at radius 1 is 1.07 bits per heavy atom. The number of ether oxygens (including phenoxy) is 1. The molecule has 1 unspecified atom stereocenters. The van der Waals surface area contributed by atoms with E-state index in [1.54, 1.807) is 18.2 Å². The minimum atomic E-state index is -0.845. The summed E-state index contributed by atoms with van der Waals surface area (Å²) >= 11 is 1.37. The van der Waals surface area contributed by atoms with Crippen LogP contribution in [0.2, 0.25) is 0 Å². The molecule has 1 aliphatic heterocycles. The van der Waals surface area contributed by atoms with Gasteiger partial charge in [-0.3, -0.25) is 14.5 Å². The molecule has 8 heteroatoms. The molecule has 5 rings (SSSR count). The van der Waals surface area contributed by atoms with Crippen LogP contribution in [0.5, 0.6) is 5.75 Å². The summed E-state index contributed by atoms with van der Waals surface area (Å²) in [6, 6.07) is 17.9. The number of aryl methyl sites for hydroxylation is 2. The van der Waals surface area contributed by atoms with Gasteiger partial charge in [0.1, 0.15) is 11.5 Å². The normalized spacial score (nSPS) is 16.6. The Kier molecular flexibility index (Phi) is 7.63. The van der Waals surface area contributed by atoms with Crippen LogP contribution in [0.1, 0.15) is 48.1 Å². The van der Waals surface area contributed by atoms with E-state index in [9.17, 15) is 14.7 Å². The molecule has 0 saturated carbocycles. The lowest BCUT2D eigenvalue weighted by atomic mass is 9.95. The van der Waals surface area contributed by atoms with Gasteiger partial charge < -0.3 is 14.7 Å². The first kappa shape index (κ1) is 27.4. The minimum absolute atomic E-state index is 0.0282. The molecule has 4 aromatic rings. The first-order chi connectivity index (χ1) is 19.2. The van der Waals surface area contributed by atoms with Gasteiger partial charge in [-0.2, -0.15) is 0 Å². The Labute approximate surface area is 238 Å². The summed E-state index contributed by atoms with van der Waals surface area (Å²) in [7, 11) is 3.89. The van der Waals surface area contributed by atoms with E-state index < -0.39 is 17.7 Å². The summed E-state index contributed by atoms with van der Waals surface area (Å²) in [5.74, 6) is -1.11. The molecule has 0 bridgehead atoms. The van der Waals surface area contributed by atoms with Crippen LogP contribution in [0, 0.1) is 13.8 Å². The molecule has 1 aliphatic rings. The maximum absolute atomic E-state index is 13.6. The zero-order valence-corrected chi connectivity index (χ0v) is 24.2. The zero-order valence-electron chi connectivity index (χ0n) is 23.4. The molecule has 206 valence electrons. The number of rotatable bonds is 8. The van der Waals surface area contributed by atoms with Crippen LogP contribution in [0.15, 0.2) is 66.2 Å². The van der Waals surface area contributed by atoms with Gasteiger partial charge in [0.25, 0.3) is 5.78 Å². The van der Waals surface area contributed by atoms with Crippen LogP contribution in [0.3, 0.4) is 0 Å². The SMILES string of the molecule is CCCCOc1cccc(C(O)=C2C(=O)C(=O)N(c3nc4c(C)cc(C)cc4s3)C2c2ccc(N(C)C)cc2)c1. The van der Waals surface area contributed by atoms with E-state index >= 15 is 0 Å². The topological polar surface area (TPSA) is 83.0 Å². The fraction of sp³-hybridized carbons (Fsp3) is 0.281. The van der Waals surface area contributed by atoms with E-state index in [1.807, 2.05) is 75.3 Å². The third kappa shape index (κ3) is 5.07. The number of aliphatic hydroxyl groups is 1. The molecule has 2 heterocycles. The molecular formula is C32H33N3O4S. The molecule has 1 amide bonds. The summed E-state index contributed by atoms with van der Waals surface area (Å²) in [6.45, 7) is 6.65. The molecule has 40 heavy (non-hydrogen) atoms. The molecule has 0 radical (unpaired) electrons. The van der Waals surface area contributed by atoms with Crippen molar-refractivity contribution in [2.75, 3.05) is 30.5 Å². The smallest absolute Gasteiger partial charge is 0.301 e. The Morgan fingerprint density at radius 3 is 2.52 bits per heavy atom. The van der Waals surface area contributed by atoms with E-state index in [-0.39, 0.29) is 11.3 Å². The van der Waals surface area contributed by atoms with Crippen molar-refractivity contribution < 1.29 is 19.4 Å². The molecule has 1 atom stereocenters. The maximum atomic E-state index is 13.6. The van der Waals surface area contributed by atoms with Crippen LogP contribution in [-0.2, 0) is 9.59 Å². The van der Waals surface area contributed by atoms with E-state index in [0.717, 1.165) is 39.9 Å². The number of benzene rings is 3. The number of carbonyl (C=O) groups is 2. The Balaban J connectivity index is 1.66. The van der Waals surface area contributed by atoms with E-state index in [2.05, 4.69) is 6.92 Å². The number of ketones is 1. The molecule has 7 nitrogen and oxygen atoms in total. The maximum Gasteiger partial charge on any atom is 0.301 e. The number of unbranched alkanes of at least 4 members (excludes halogenated alkanes) is 1. The van der Waals surface area contributed by atoms with Crippen LogP contribution in [-0.4, -0.2) is 42.5 Å². The highest BCUT2D eigenvalue weighted by molar-refractivity contribution is 7.22. The highest BCUT2D eigenvalue weighted by Crippen LogP contribution is 2.45. The number of Topliss-reactive ketones (excluding diaryl/α,β-unsaturated/α-hetero) is 1. The molecule has 1 fully saturated rings. The van der Waals surface area contributed by atoms with E-state index in [0.29, 0.717) is 28.6 Å². The van der Waals surface area contributed by atoms with Crippen molar-refractivity contribution in [2.45, 2.75) is 39.7 Å². The quantitative estimate of drug-likeness (QED) is 0.112. The fourth-order valence-electron chi connectivity index (χ4n) is 4.98. The number of thiazole rings is 1. The van der Waals surface area contributed by atoms with Crippen molar-refractivity contribution >= 4 is 49.8 Å². The van der Waals surface area contributed by atoms with Crippen LogP contribution in [0.25, 0.3) is 16.0 Å². The zero-order chi connectivity index (χ0) is 28.6.